The fourth-order valence-electron chi connectivity index (χ4n) is 3.48. The first kappa shape index (κ1) is 19.4. The smallest absolute Gasteiger partial charge is 0.277 e. The van der Waals surface area contributed by atoms with E-state index < -0.39 is 0 Å². The lowest BCUT2D eigenvalue weighted by Crippen LogP contribution is -2.07. The summed E-state index contributed by atoms with van der Waals surface area (Å²) in [6.07, 6.45) is 3.48. The molecule has 0 amide bonds. The number of fused-ring (bicyclic) bond motifs is 1. The van der Waals surface area contributed by atoms with E-state index in [1.807, 2.05) is 6.92 Å². The van der Waals surface area contributed by atoms with E-state index in [1.54, 1.807) is 23.5 Å². The average molecular weight is 443 g/mol. The van der Waals surface area contributed by atoms with Crippen molar-refractivity contribution in [3.05, 3.63) is 52.5 Å². The van der Waals surface area contributed by atoms with Gasteiger partial charge in [-0.2, -0.15) is 0 Å². The van der Waals surface area contributed by atoms with E-state index in [-0.39, 0.29) is 11.1 Å². The Hall–Kier alpha value is -2.52. The maximum atomic E-state index is 13.1. The molecule has 1 aliphatic carbocycles. The lowest BCUT2D eigenvalue weighted by Gasteiger charge is -2.16. The fraction of sp³-hybridized carbons (Fsp3) is 0.333. The van der Waals surface area contributed by atoms with Gasteiger partial charge in [0.25, 0.3) is 11.1 Å². The Balaban J connectivity index is 1.29. The van der Waals surface area contributed by atoms with Crippen molar-refractivity contribution < 1.29 is 13.2 Å². The van der Waals surface area contributed by atoms with Crippen molar-refractivity contribution in [3.8, 4) is 22.2 Å². The van der Waals surface area contributed by atoms with Crippen LogP contribution in [0.1, 0.15) is 41.8 Å². The van der Waals surface area contributed by atoms with E-state index in [0.29, 0.717) is 28.5 Å². The second-order valence-corrected chi connectivity index (χ2v) is 9.92. The number of aryl methyl sites for hydroxylation is 1. The van der Waals surface area contributed by atoms with Gasteiger partial charge in [-0.25, -0.2) is 4.39 Å². The Morgan fingerprint density at radius 2 is 1.90 bits per heavy atom. The van der Waals surface area contributed by atoms with Crippen molar-refractivity contribution in [1.29, 1.82) is 0 Å². The van der Waals surface area contributed by atoms with Crippen molar-refractivity contribution in [2.45, 2.75) is 43.6 Å². The highest BCUT2D eigenvalue weighted by Gasteiger charge is 2.23. The molecule has 4 aromatic rings. The van der Waals surface area contributed by atoms with Crippen LogP contribution < -0.4 is 0 Å². The molecule has 1 aliphatic rings. The van der Waals surface area contributed by atoms with Gasteiger partial charge in [0.05, 0.1) is 10.1 Å². The van der Waals surface area contributed by atoms with Crippen LogP contribution in [0.5, 0.6) is 0 Å². The molecule has 0 aliphatic heterocycles. The predicted octanol–water partition coefficient (Wildman–Crippen LogP) is 5.97. The Bertz CT molecular complexity index is 1170. The van der Waals surface area contributed by atoms with Gasteiger partial charge in [-0.05, 0) is 68.0 Å². The van der Waals surface area contributed by atoms with Crippen molar-refractivity contribution in [2.75, 3.05) is 0 Å². The zero-order valence-corrected chi connectivity index (χ0v) is 18.1. The molecule has 154 valence electrons. The number of aromatic nitrogens is 4. The van der Waals surface area contributed by atoms with Gasteiger partial charge in [0.15, 0.2) is 0 Å². The zero-order valence-electron chi connectivity index (χ0n) is 16.5. The van der Waals surface area contributed by atoms with Gasteiger partial charge in [0.2, 0.25) is 11.8 Å². The quantitative estimate of drug-likeness (QED) is 0.353. The third-order valence-electron chi connectivity index (χ3n) is 5.10. The molecule has 9 heteroatoms. The standard InChI is InChI=1S/C21H19FN4O2S2/c1-11-3-8-16-14(9-11)10-17(30-16)20-25-26-21(28-20)29-12(2)18-23-24-19(27-18)13-4-6-15(22)7-5-13/h4-7,10-12H,3,8-9H2,1-2H3/t11-,12+/m0/s1. The Labute approximate surface area is 180 Å². The van der Waals surface area contributed by atoms with Crippen LogP contribution in [0, 0.1) is 11.7 Å². The second kappa shape index (κ2) is 7.96. The third kappa shape index (κ3) is 3.91. The van der Waals surface area contributed by atoms with Crippen molar-refractivity contribution >= 4 is 23.1 Å². The molecule has 2 atom stereocenters. The lowest BCUT2D eigenvalue weighted by atomic mass is 9.90. The van der Waals surface area contributed by atoms with Crippen LogP contribution in [-0.4, -0.2) is 20.4 Å². The summed E-state index contributed by atoms with van der Waals surface area (Å²) in [7, 11) is 0. The van der Waals surface area contributed by atoms with Gasteiger partial charge in [-0.15, -0.1) is 31.7 Å². The lowest BCUT2D eigenvalue weighted by molar-refractivity contribution is 0.462. The number of nitrogens with zero attached hydrogens (tertiary/aromatic N) is 4. The number of benzene rings is 1. The first-order valence-corrected chi connectivity index (χ1v) is 11.5. The fourth-order valence-corrected chi connectivity index (χ4v) is 5.32. The zero-order chi connectivity index (χ0) is 20.7. The first-order chi connectivity index (χ1) is 14.5. The van der Waals surface area contributed by atoms with Crippen LogP contribution in [-0.2, 0) is 12.8 Å². The topological polar surface area (TPSA) is 77.8 Å². The minimum atomic E-state index is -0.310. The molecule has 1 aromatic carbocycles. The Morgan fingerprint density at radius 3 is 2.73 bits per heavy atom. The van der Waals surface area contributed by atoms with E-state index in [4.69, 9.17) is 8.83 Å². The molecular weight excluding hydrogens is 423 g/mol. The molecule has 0 radical (unpaired) electrons. The summed E-state index contributed by atoms with van der Waals surface area (Å²) < 4.78 is 24.7. The summed E-state index contributed by atoms with van der Waals surface area (Å²) in [6, 6.07) is 8.13. The van der Waals surface area contributed by atoms with Crippen molar-refractivity contribution in [2.24, 2.45) is 5.92 Å². The molecule has 30 heavy (non-hydrogen) atoms. The van der Waals surface area contributed by atoms with Crippen LogP contribution >= 0.6 is 23.1 Å². The van der Waals surface area contributed by atoms with Crippen LogP contribution in [0.2, 0.25) is 0 Å². The van der Waals surface area contributed by atoms with Crippen LogP contribution in [0.4, 0.5) is 4.39 Å². The minimum Gasteiger partial charge on any atom is -0.419 e. The summed E-state index contributed by atoms with van der Waals surface area (Å²) in [6.45, 7) is 4.23. The highest BCUT2D eigenvalue weighted by Crippen LogP contribution is 2.39. The molecule has 0 unspecified atom stereocenters. The third-order valence-corrected chi connectivity index (χ3v) is 7.25. The molecule has 0 bridgehead atoms. The second-order valence-electron chi connectivity index (χ2n) is 7.49. The molecular formula is C21H19FN4O2S2. The van der Waals surface area contributed by atoms with Crippen molar-refractivity contribution in [3.63, 3.8) is 0 Å². The highest BCUT2D eigenvalue weighted by atomic mass is 32.2. The van der Waals surface area contributed by atoms with Gasteiger partial charge in [0, 0.05) is 10.4 Å². The highest BCUT2D eigenvalue weighted by molar-refractivity contribution is 7.99. The predicted molar refractivity (Wildman–Crippen MR) is 113 cm³/mol. The van der Waals surface area contributed by atoms with Crippen LogP contribution in [0.3, 0.4) is 0 Å². The molecule has 0 saturated heterocycles. The van der Waals surface area contributed by atoms with Crippen LogP contribution in [0.15, 0.2) is 44.4 Å². The average Bonchev–Trinajstić information content (AvgIpc) is 3.47. The number of rotatable bonds is 5. The molecule has 0 N–H and O–H groups in total. The van der Waals surface area contributed by atoms with E-state index in [1.165, 1.54) is 40.8 Å². The summed E-state index contributed by atoms with van der Waals surface area (Å²) in [4.78, 5) is 2.46. The SMILES string of the molecule is C[C@H]1CCc2sc(-c3nnc(S[C@H](C)c4nnc(-c5ccc(F)cc5)o4)o3)cc2C1. The molecule has 0 saturated carbocycles. The minimum absolute atomic E-state index is 0.169. The van der Waals surface area contributed by atoms with Gasteiger partial charge in [0.1, 0.15) is 5.82 Å². The summed E-state index contributed by atoms with van der Waals surface area (Å²) in [5.41, 5.74) is 2.08. The normalized spacial score (nSPS) is 17.1. The monoisotopic (exact) mass is 442 g/mol. The van der Waals surface area contributed by atoms with Gasteiger partial charge in [-0.1, -0.05) is 18.7 Å². The number of hydrogen-bond acceptors (Lipinski definition) is 8. The molecule has 3 aromatic heterocycles. The molecule has 5 rings (SSSR count). The van der Waals surface area contributed by atoms with E-state index in [2.05, 4.69) is 33.4 Å². The van der Waals surface area contributed by atoms with Gasteiger partial charge < -0.3 is 8.83 Å². The Morgan fingerprint density at radius 1 is 1.10 bits per heavy atom. The molecule has 6 nitrogen and oxygen atoms in total. The van der Waals surface area contributed by atoms with E-state index in [9.17, 15) is 4.39 Å². The number of thioether (sulfide) groups is 1. The van der Waals surface area contributed by atoms with Gasteiger partial charge >= 0.3 is 0 Å². The van der Waals surface area contributed by atoms with E-state index in [0.717, 1.165) is 23.6 Å². The van der Waals surface area contributed by atoms with E-state index >= 15 is 0 Å². The summed E-state index contributed by atoms with van der Waals surface area (Å²) in [5.74, 6) is 1.76. The summed E-state index contributed by atoms with van der Waals surface area (Å²) in [5, 5.41) is 16.9. The number of halogens is 1. The first-order valence-electron chi connectivity index (χ1n) is 9.76. The number of thiophene rings is 1. The molecule has 0 fully saturated rings. The van der Waals surface area contributed by atoms with Gasteiger partial charge in [-0.3, -0.25) is 0 Å². The van der Waals surface area contributed by atoms with Crippen molar-refractivity contribution in [1.82, 2.24) is 20.4 Å². The summed E-state index contributed by atoms with van der Waals surface area (Å²) >= 11 is 3.11. The Kier molecular flexibility index (Phi) is 5.16. The maximum Gasteiger partial charge on any atom is 0.277 e. The number of hydrogen-bond donors (Lipinski definition) is 0. The maximum absolute atomic E-state index is 13.1. The molecule has 3 heterocycles. The molecule has 0 spiro atoms. The largest absolute Gasteiger partial charge is 0.419 e. The van der Waals surface area contributed by atoms with Crippen LogP contribution in [0.25, 0.3) is 22.2 Å².